The summed E-state index contributed by atoms with van der Waals surface area (Å²) in [6.45, 7) is 11.0. The fraction of sp³-hybridized carbons (Fsp3) is 0.565. The molecule has 0 spiro atoms. The van der Waals surface area contributed by atoms with Crippen molar-refractivity contribution >= 4 is 23.3 Å². The molecule has 0 bridgehead atoms. The van der Waals surface area contributed by atoms with Crippen LogP contribution in [0.15, 0.2) is 24.3 Å². The molecule has 2 heterocycles. The molecule has 4 rings (SSSR count). The fourth-order valence-corrected chi connectivity index (χ4v) is 4.42. The summed E-state index contributed by atoms with van der Waals surface area (Å²) in [6, 6.07) is 6.77. The molecule has 1 aliphatic heterocycles. The Bertz CT molecular complexity index is 934. The lowest BCUT2D eigenvalue weighted by Gasteiger charge is -2.36. The Morgan fingerprint density at radius 2 is 2.00 bits per heavy atom. The molecule has 6 nitrogen and oxygen atoms in total. The molecule has 1 aromatic carbocycles. The van der Waals surface area contributed by atoms with E-state index in [2.05, 4.69) is 16.7 Å². The van der Waals surface area contributed by atoms with Crippen LogP contribution in [-0.2, 0) is 11.3 Å². The summed E-state index contributed by atoms with van der Waals surface area (Å²) >= 11 is 6.17. The van der Waals surface area contributed by atoms with Gasteiger partial charge in [-0.15, -0.1) is 11.6 Å². The van der Waals surface area contributed by atoms with E-state index in [1.54, 1.807) is 13.0 Å². The highest BCUT2D eigenvalue weighted by Crippen LogP contribution is 2.34. The second-order valence-electron chi connectivity index (χ2n) is 8.51. The van der Waals surface area contributed by atoms with Crippen molar-refractivity contribution in [2.24, 2.45) is 0 Å². The summed E-state index contributed by atoms with van der Waals surface area (Å²) in [6.07, 6.45) is 2.02. The highest BCUT2D eigenvalue weighted by molar-refractivity contribution is 6.30. The summed E-state index contributed by atoms with van der Waals surface area (Å²) in [7, 11) is 0. The van der Waals surface area contributed by atoms with Crippen LogP contribution in [0, 0.1) is 12.7 Å². The summed E-state index contributed by atoms with van der Waals surface area (Å²) < 4.78 is 15.9. The van der Waals surface area contributed by atoms with Gasteiger partial charge in [0.15, 0.2) is 0 Å². The number of likely N-dealkylation sites (N-methyl/N-ethyl adjacent to an activating group) is 1. The lowest BCUT2D eigenvalue weighted by molar-refractivity contribution is -0.131. The van der Waals surface area contributed by atoms with Gasteiger partial charge >= 0.3 is 0 Å². The molecule has 1 aromatic heterocycles. The monoisotopic (exact) mass is 447 g/mol. The Hall–Kier alpha value is -2.12. The number of alkyl halides is 1. The number of anilines is 1. The quantitative estimate of drug-likeness (QED) is 0.608. The molecule has 2 fully saturated rings. The highest BCUT2D eigenvalue weighted by atomic mass is 35.5. The molecule has 1 saturated heterocycles. The standard InChI is InChI=1S/C23H31ClFN5O/c1-4-27-10-12-28(13-11-27)22-21(15-29(19-8-9-19)23(31)16(2)24)17(3)26-30(22)20-7-5-6-18(25)14-20/h5-7,14,16,19H,4,8-13,15H2,1-3H3. The third-order valence-corrected chi connectivity index (χ3v) is 6.46. The van der Waals surface area contributed by atoms with E-state index in [-0.39, 0.29) is 17.8 Å². The number of rotatable bonds is 7. The van der Waals surface area contributed by atoms with E-state index in [0.29, 0.717) is 12.2 Å². The summed E-state index contributed by atoms with van der Waals surface area (Å²) in [5.41, 5.74) is 2.57. The Morgan fingerprint density at radius 1 is 1.29 bits per heavy atom. The average Bonchev–Trinajstić information content (AvgIpc) is 3.55. The molecular weight excluding hydrogens is 417 g/mol. The van der Waals surface area contributed by atoms with Gasteiger partial charge in [-0.2, -0.15) is 5.10 Å². The fourth-order valence-electron chi connectivity index (χ4n) is 4.29. The van der Waals surface area contributed by atoms with Crippen LogP contribution in [0.3, 0.4) is 0 Å². The number of aryl methyl sites for hydroxylation is 1. The normalized spacial score (nSPS) is 18.3. The highest BCUT2D eigenvalue weighted by Gasteiger charge is 2.36. The smallest absolute Gasteiger partial charge is 0.240 e. The number of piperazine rings is 1. The molecule has 31 heavy (non-hydrogen) atoms. The number of nitrogens with zero attached hydrogens (tertiary/aromatic N) is 5. The zero-order valence-corrected chi connectivity index (χ0v) is 19.3. The van der Waals surface area contributed by atoms with E-state index >= 15 is 0 Å². The molecule has 1 atom stereocenters. The largest absolute Gasteiger partial charge is 0.354 e. The molecule has 8 heteroatoms. The Kier molecular flexibility index (Phi) is 6.53. The maximum atomic E-state index is 14.0. The second kappa shape index (κ2) is 9.17. The summed E-state index contributed by atoms with van der Waals surface area (Å²) in [5.74, 6) is 0.628. The van der Waals surface area contributed by atoms with Crippen molar-refractivity contribution in [2.75, 3.05) is 37.6 Å². The van der Waals surface area contributed by atoms with Gasteiger partial charge in [0.1, 0.15) is 17.0 Å². The van der Waals surface area contributed by atoms with Gasteiger partial charge in [0.05, 0.1) is 17.9 Å². The van der Waals surface area contributed by atoms with E-state index in [0.717, 1.165) is 62.6 Å². The van der Waals surface area contributed by atoms with Gasteiger partial charge in [-0.3, -0.25) is 4.79 Å². The maximum Gasteiger partial charge on any atom is 0.240 e. The molecule has 168 valence electrons. The van der Waals surface area contributed by atoms with E-state index in [4.69, 9.17) is 16.7 Å². The average molecular weight is 448 g/mol. The van der Waals surface area contributed by atoms with Crippen molar-refractivity contribution in [2.45, 2.75) is 51.6 Å². The van der Waals surface area contributed by atoms with Gasteiger partial charge in [-0.1, -0.05) is 13.0 Å². The van der Waals surface area contributed by atoms with Crippen LogP contribution in [0.25, 0.3) is 5.69 Å². The first kappa shape index (κ1) is 22.1. The number of benzene rings is 1. The topological polar surface area (TPSA) is 44.6 Å². The van der Waals surface area contributed by atoms with Crippen LogP contribution in [0.1, 0.15) is 37.9 Å². The lowest BCUT2D eigenvalue weighted by atomic mass is 10.1. The molecule has 2 aliphatic rings. The second-order valence-corrected chi connectivity index (χ2v) is 9.17. The maximum absolute atomic E-state index is 14.0. The van der Waals surface area contributed by atoms with Crippen molar-refractivity contribution in [1.82, 2.24) is 19.6 Å². The number of aromatic nitrogens is 2. The number of carbonyl (C=O) groups is 1. The van der Waals surface area contributed by atoms with Crippen LogP contribution in [0.5, 0.6) is 0 Å². The van der Waals surface area contributed by atoms with Crippen molar-refractivity contribution in [3.63, 3.8) is 0 Å². The molecule has 1 unspecified atom stereocenters. The van der Waals surface area contributed by atoms with Gasteiger partial charge < -0.3 is 14.7 Å². The summed E-state index contributed by atoms with van der Waals surface area (Å²) in [5, 5.41) is 4.24. The number of carbonyl (C=O) groups excluding carboxylic acids is 1. The minimum Gasteiger partial charge on any atom is -0.354 e. The van der Waals surface area contributed by atoms with E-state index in [1.165, 1.54) is 12.1 Å². The minimum atomic E-state index is -0.560. The van der Waals surface area contributed by atoms with Gasteiger partial charge in [-0.25, -0.2) is 9.07 Å². The van der Waals surface area contributed by atoms with E-state index in [9.17, 15) is 9.18 Å². The van der Waals surface area contributed by atoms with Crippen LogP contribution in [0.4, 0.5) is 10.2 Å². The number of halogens is 2. The van der Waals surface area contributed by atoms with Crippen LogP contribution in [-0.4, -0.2) is 69.6 Å². The molecule has 2 aromatic rings. The third kappa shape index (κ3) is 4.72. The number of hydrogen-bond donors (Lipinski definition) is 0. The number of amides is 1. The van der Waals surface area contributed by atoms with Gasteiger partial charge in [0, 0.05) is 37.8 Å². The zero-order valence-electron chi connectivity index (χ0n) is 18.5. The first-order valence-corrected chi connectivity index (χ1v) is 11.6. The first-order chi connectivity index (χ1) is 14.9. The van der Waals surface area contributed by atoms with Crippen LogP contribution >= 0.6 is 11.6 Å². The minimum absolute atomic E-state index is 0.0381. The van der Waals surface area contributed by atoms with Crippen LogP contribution < -0.4 is 4.90 Å². The van der Waals surface area contributed by atoms with Crippen molar-refractivity contribution in [3.05, 3.63) is 41.3 Å². The molecule has 1 amide bonds. The van der Waals surface area contributed by atoms with Crippen LogP contribution in [0.2, 0.25) is 0 Å². The van der Waals surface area contributed by atoms with Crippen molar-refractivity contribution in [1.29, 1.82) is 0 Å². The SMILES string of the molecule is CCN1CCN(c2c(CN(C(=O)C(C)Cl)C3CC3)c(C)nn2-c2cccc(F)c2)CC1. The Morgan fingerprint density at radius 3 is 2.58 bits per heavy atom. The van der Waals surface area contributed by atoms with Crippen molar-refractivity contribution < 1.29 is 9.18 Å². The predicted octanol–water partition coefficient (Wildman–Crippen LogP) is 3.58. The Balaban J connectivity index is 1.74. The zero-order chi connectivity index (χ0) is 22.1. The van der Waals surface area contributed by atoms with Gasteiger partial charge in [0.2, 0.25) is 5.91 Å². The number of hydrogen-bond acceptors (Lipinski definition) is 4. The van der Waals surface area contributed by atoms with Gasteiger partial charge in [0.25, 0.3) is 0 Å². The summed E-state index contributed by atoms with van der Waals surface area (Å²) in [4.78, 5) is 19.5. The first-order valence-electron chi connectivity index (χ1n) is 11.1. The third-order valence-electron chi connectivity index (χ3n) is 6.27. The van der Waals surface area contributed by atoms with E-state index in [1.807, 2.05) is 22.6 Å². The Labute approximate surface area is 188 Å². The molecule has 0 radical (unpaired) electrons. The van der Waals surface area contributed by atoms with Crippen molar-refractivity contribution in [3.8, 4) is 5.69 Å². The molecule has 1 aliphatic carbocycles. The van der Waals surface area contributed by atoms with Gasteiger partial charge in [-0.05, 0) is 51.4 Å². The molecule has 0 N–H and O–H groups in total. The van der Waals surface area contributed by atoms with E-state index < -0.39 is 5.38 Å². The molecule has 1 saturated carbocycles. The predicted molar refractivity (Wildman–Crippen MR) is 121 cm³/mol. The lowest BCUT2D eigenvalue weighted by Crippen LogP contribution is -2.47. The molecular formula is C23H31ClFN5O.